The van der Waals surface area contributed by atoms with Crippen LogP contribution in [0.2, 0.25) is 0 Å². The van der Waals surface area contributed by atoms with E-state index in [9.17, 15) is 18.0 Å². The summed E-state index contributed by atoms with van der Waals surface area (Å²) in [6, 6.07) is 8.11. The smallest absolute Gasteiger partial charge is 0.254 e. The van der Waals surface area contributed by atoms with Crippen LogP contribution in [0.1, 0.15) is 28.8 Å². The predicted octanol–water partition coefficient (Wildman–Crippen LogP) is 0.601. The average molecular weight is 489 g/mol. The van der Waals surface area contributed by atoms with Crippen LogP contribution >= 0.6 is 0 Å². The maximum absolute atomic E-state index is 12.9. The Morgan fingerprint density at radius 3 is 2.41 bits per heavy atom. The number of aryl methyl sites for hydroxylation is 2. The van der Waals surface area contributed by atoms with Crippen LogP contribution in [0.5, 0.6) is 0 Å². The Balaban J connectivity index is 1.24. The fourth-order valence-electron chi connectivity index (χ4n) is 4.47. The van der Waals surface area contributed by atoms with Gasteiger partial charge in [0, 0.05) is 64.2 Å². The third-order valence-electron chi connectivity index (χ3n) is 6.45. The second kappa shape index (κ2) is 10.1. The molecule has 184 valence electrons. The Kier molecular flexibility index (Phi) is 7.22. The molecule has 2 aliphatic heterocycles. The normalized spacial score (nSPS) is 18.2. The average Bonchev–Trinajstić information content (AvgIpc) is 3.26. The molecule has 2 aromatic rings. The number of sulfonamides is 1. The summed E-state index contributed by atoms with van der Waals surface area (Å²) in [6.07, 6.45) is 4.35. The van der Waals surface area contributed by atoms with Crippen molar-refractivity contribution in [2.75, 3.05) is 49.9 Å². The lowest BCUT2D eigenvalue weighted by molar-refractivity contribution is -0.129. The zero-order chi connectivity index (χ0) is 24.3. The first-order chi connectivity index (χ1) is 16.2. The number of carbonyl (C=O) groups excluding carboxylic acids is 2. The molecule has 0 saturated carbocycles. The van der Waals surface area contributed by atoms with Crippen molar-refractivity contribution >= 4 is 27.5 Å². The molecule has 2 aliphatic rings. The summed E-state index contributed by atoms with van der Waals surface area (Å²) < 4.78 is 28.8. The third-order valence-corrected chi connectivity index (χ3v) is 8.22. The molecule has 11 heteroatoms. The van der Waals surface area contributed by atoms with Crippen LogP contribution in [-0.4, -0.2) is 90.3 Å². The van der Waals surface area contributed by atoms with Crippen LogP contribution in [0.15, 0.2) is 36.7 Å². The van der Waals surface area contributed by atoms with Crippen LogP contribution in [0.25, 0.3) is 0 Å². The van der Waals surface area contributed by atoms with Gasteiger partial charge in [-0.2, -0.15) is 9.40 Å². The van der Waals surface area contributed by atoms with E-state index >= 15 is 0 Å². The minimum absolute atomic E-state index is 0.0527. The van der Waals surface area contributed by atoms with Crippen LogP contribution in [-0.2, 0) is 21.9 Å². The molecule has 1 aromatic carbocycles. The van der Waals surface area contributed by atoms with E-state index < -0.39 is 15.8 Å². The fourth-order valence-corrected chi connectivity index (χ4v) is 5.87. The van der Waals surface area contributed by atoms with Gasteiger partial charge in [0.2, 0.25) is 15.9 Å². The number of hydrogen-bond donors (Lipinski definition) is 1. The molecule has 0 unspecified atom stereocenters. The molecule has 0 radical (unpaired) electrons. The summed E-state index contributed by atoms with van der Waals surface area (Å²) in [7, 11) is -1.93. The van der Waals surface area contributed by atoms with E-state index in [1.807, 2.05) is 25.1 Å². The highest BCUT2D eigenvalue weighted by molar-refractivity contribution is 7.89. The summed E-state index contributed by atoms with van der Waals surface area (Å²) >= 11 is 0. The number of piperidine rings is 1. The number of amides is 2. The maximum atomic E-state index is 12.9. The number of aromatic nitrogens is 2. The second-order valence-corrected chi connectivity index (χ2v) is 11.0. The first-order valence-corrected chi connectivity index (χ1v) is 13.2. The number of likely N-dealkylation sites (tertiary alicyclic amines) is 1. The molecule has 2 fully saturated rings. The van der Waals surface area contributed by atoms with Gasteiger partial charge in [0.25, 0.3) is 5.91 Å². The standard InChI is InChI=1S/C23H32N6O4S/c1-18-4-3-5-21(14-18)27-10-12-29(13-11-27)34(32,33)17-22(30)28-8-6-20(7-9-28)25-23(31)19-15-24-26(2)16-19/h3-5,14-16,20H,6-13,17H2,1-2H3,(H,25,31). The summed E-state index contributed by atoms with van der Waals surface area (Å²) in [5, 5.41) is 6.97. The first kappa shape index (κ1) is 24.2. The Labute approximate surface area is 200 Å². The predicted molar refractivity (Wildman–Crippen MR) is 129 cm³/mol. The number of carbonyl (C=O) groups is 2. The van der Waals surface area contributed by atoms with E-state index in [4.69, 9.17) is 0 Å². The highest BCUT2D eigenvalue weighted by Crippen LogP contribution is 2.19. The largest absolute Gasteiger partial charge is 0.369 e. The highest BCUT2D eigenvalue weighted by atomic mass is 32.2. The minimum atomic E-state index is -3.68. The molecule has 4 rings (SSSR count). The van der Waals surface area contributed by atoms with E-state index in [1.54, 1.807) is 22.8 Å². The highest BCUT2D eigenvalue weighted by Gasteiger charge is 2.32. The second-order valence-electron chi connectivity index (χ2n) is 9.01. The quantitative estimate of drug-likeness (QED) is 0.638. The van der Waals surface area contributed by atoms with Crippen molar-refractivity contribution < 1.29 is 18.0 Å². The van der Waals surface area contributed by atoms with Gasteiger partial charge in [-0.05, 0) is 37.5 Å². The number of piperazine rings is 1. The number of hydrogen-bond acceptors (Lipinski definition) is 6. The molecule has 34 heavy (non-hydrogen) atoms. The van der Waals surface area contributed by atoms with Gasteiger partial charge in [-0.3, -0.25) is 14.3 Å². The van der Waals surface area contributed by atoms with Crippen molar-refractivity contribution in [3.63, 3.8) is 0 Å². The lowest BCUT2D eigenvalue weighted by Crippen LogP contribution is -2.52. The molecule has 0 bridgehead atoms. The first-order valence-electron chi connectivity index (χ1n) is 11.6. The van der Waals surface area contributed by atoms with E-state index in [-0.39, 0.29) is 17.9 Å². The molecule has 1 N–H and O–H groups in total. The van der Waals surface area contributed by atoms with Crippen molar-refractivity contribution in [1.82, 2.24) is 24.3 Å². The maximum Gasteiger partial charge on any atom is 0.254 e. The zero-order valence-electron chi connectivity index (χ0n) is 19.7. The number of nitrogens with one attached hydrogen (secondary N) is 1. The van der Waals surface area contributed by atoms with Crippen molar-refractivity contribution in [3.05, 3.63) is 47.8 Å². The monoisotopic (exact) mass is 488 g/mol. The summed E-state index contributed by atoms with van der Waals surface area (Å²) in [5.41, 5.74) is 2.75. The van der Waals surface area contributed by atoms with Crippen molar-refractivity contribution in [2.24, 2.45) is 7.05 Å². The topological polar surface area (TPSA) is 108 Å². The van der Waals surface area contributed by atoms with Gasteiger partial charge in [-0.15, -0.1) is 0 Å². The summed E-state index contributed by atoms with van der Waals surface area (Å²) in [4.78, 5) is 28.8. The fraction of sp³-hybridized carbons (Fsp3) is 0.522. The number of nitrogens with zero attached hydrogens (tertiary/aromatic N) is 5. The van der Waals surface area contributed by atoms with Gasteiger partial charge in [0.1, 0.15) is 5.75 Å². The van der Waals surface area contributed by atoms with Crippen molar-refractivity contribution in [3.8, 4) is 0 Å². The van der Waals surface area contributed by atoms with E-state index in [2.05, 4.69) is 21.4 Å². The number of anilines is 1. The molecular weight excluding hydrogens is 456 g/mol. The van der Waals surface area contributed by atoms with Crippen molar-refractivity contribution in [1.29, 1.82) is 0 Å². The lowest BCUT2D eigenvalue weighted by Gasteiger charge is -2.36. The van der Waals surface area contributed by atoms with E-state index in [0.717, 1.165) is 5.69 Å². The van der Waals surface area contributed by atoms with Crippen LogP contribution in [0.3, 0.4) is 0 Å². The summed E-state index contributed by atoms with van der Waals surface area (Å²) in [6.45, 7) is 4.81. The van der Waals surface area contributed by atoms with Gasteiger partial charge >= 0.3 is 0 Å². The Hall–Kier alpha value is -2.92. The molecule has 0 spiro atoms. The molecule has 0 atom stereocenters. The Bertz CT molecular complexity index is 1130. The molecule has 2 saturated heterocycles. The molecular formula is C23H32N6O4S. The van der Waals surface area contributed by atoms with Crippen molar-refractivity contribution in [2.45, 2.75) is 25.8 Å². The van der Waals surface area contributed by atoms with Gasteiger partial charge in [-0.1, -0.05) is 12.1 Å². The van der Waals surface area contributed by atoms with Gasteiger partial charge in [-0.25, -0.2) is 8.42 Å². The SMILES string of the molecule is Cc1cccc(N2CCN(S(=O)(=O)CC(=O)N3CCC(NC(=O)c4cnn(C)c4)CC3)CC2)c1. The van der Waals surface area contributed by atoms with E-state index in [0.29, 0.717) is 57.7 Å². The van der Waals surface area contributed by atoms with Gasteiger partial charge in [0.05, 0.1) is 11.8 Å². The molecule has 0 aliphatic carbocycles. The third kappa shape index (κ3) is 5.76. The van der Waals surface area contributed by atoms with Gasteiger partial charge < -0.3 is 15.1 Å². The van der Waals surface area contributed by atoms with E-state index in [1.165, 1.54) is 16.1 Å². The number of rotatable bonds is 6. The number of benzene rings is 1. The molecule has 2 amide bonds. The van der Waals surface area contributed by atoms with Crippen LogP contribution in [0.4, 0.5) is 5.69 Å². The molecule has 10 nitrogen and oxygen atoms in total. The van der Waals surface area contributed by atoms with Crippen LogP contribution < -0.4 is 10.2 Å². The lowest BCUT2D eigenvalue weighted by atomic mass is 10.0. The Morgan fingerprint density at radius 1 is 1.09 bits per heavy atom. The zero-order valence-corrected chi connectivity index (χ0v) is 20.5. The van der Waals surface area contributed by atoms with Crippen LogP contribution in [0, 0.1) is 6.92 Å². The minimum Gasteiger partial charge on any atom is -0.369 e. The molecule has 1 aromatic heterocycles. The molecule has 3 heterocycles. The summed E-state index contributed by atoms with van der Waals surface area (Å²) in [5.74, 6) is -1.08. The Morgan fingerprint density at radius 2 is 1.79 bits per heavy atom. The van der Waals surface area contributed by atoms with Gasteiger partial charge in [0.15, 0.2) is 0 Å².